The first-order chi connectivity index (χ1) is 6.70. The lowest BCUT2D eigenvalue weighted by molar-refractivity contribution is -0.183. The van der Waals surface area contributed by atoms with Gasteiger partial charge in [0.15, 0.2) is 0 Å². The van der Waals surface area contributed by atoms with Gasteiger partial charge in [-0.2, -0.15) is 0 Å². The second-order valence-corrected chi connectivity index (χ2v) is 2.94. The fourth-order valence-corrected chi connectivity index (χ4v) is 1.03. The Balaban J connectivity index is 3.14. The molecule has 0 aromatic heterocycles. The van der Waals surface area contributed by atoms with Crippen LogP contribution < -0.4 is 0 Å². The van der Waals surface area contributed by atoms with Crippen LogP contribution in [0.3, 0.4) is 0 Å². The fraction of sp³-hybridized carbons (Fsp3) is 0.778. The van der Waals surface area contributed by atoms with Gasteiger partial charge in [0, 0.05) is 17.4 Å². The van der Waals surface area contributed by atoms with Crippen LogP contribution in [0.2, 0.25) is 0 Å². The number of rotatable bonds is 7. The highest BCUT2D eigenvalue weighted by Gasteiger charge is 2.03. The maximum atomic E-state index is 11.2. The lowest BCUT2D eigenvalue weighted by atomic mass is 10.1. The maximum Gasteiger partial charge on any atom is 0.348 e. The molecule has 0 unspecified atom stereocenters. The van der Waals surface area contributed by atoms with Crippen molar-refractivity contribution in [1.82, 2.24) is 0 Å². The van der Waals surface area contributed by atoms with Crippen LogP contribution in [0.5, 0.6) is 0 Å². The molecule has 0 aromatic carbocycles. The van der Waals surface area contributed by atoms with Gasteiger partial charge < -0.3 is 4.74 Å². The number of methoxy groups -OCH3 is 1. The smallest absolute Gasteiger partial charge is 0.348 e. The maximum absolute atomic E-state index is 11.2. The third kappa shape index (κ3) is 7.52. The monoisotopic (exact) mass is 206 g/mol. The predicted octanol–water partition coefficient (Wildman–Crippen LogP) is 1.93. The molecule has 4 nitrogen and oxygen atoms in total. The summed E-state index contributed by atoms with van der Waals surface area (Å²) in [7, 11) is 1.35. The molecule has 0 aliphatic rings. The SMILES string of the molecule is COC(=O)CCCCCCC(=O)OF. The van der Waals surface area contributed by atoms with E-state index < -0.39 is 5.97 Å². The summed E-state index contributed by atoms with van der Waals surface area (Å²) in [5.74, 6) is -1.06. The van der Waals surface area contributed by atoms with E-state index in [0.29, 0.717) is 12.8 Å². The summed E-state index contributed by atoms with van der Waals surface area (Å²) in [6, 6.07) is 0. The minimum atomic E-state index is -0.835. The molecule has 0 fully saturated rings. The van der Waals surface area contributed by atoms with Gasteiger partial charge in [0.1, 0.15) is 0 Å². The highest BCUT2D eigenvalue weighted by Crippen LogP contribution is 2.06. The number of hydrogen-bond donors (Lipinski definition) is 0. The molecule has 0 aromatic rings. The first-order valence-electron chi connectivity index (χ1n) is 4.59. The number of hydrogen-bond acceptors (Lipinski definition) is 4. The van der Waals surface area contributed by atoms with E-state index in [0.717, 1.165) is 19.3 Å². The number of carbonyl (C=O) groups is 2. The van der Waals surface area contributed by atoms with Crippen molar-refractivity contribution in [2.24, 2.45) is 0 Å². The van der Waals surface area contributed by atoms with Crippen molar-refractivity contribution in [3.05, 3.63) is 0 Å². The van der Waals surface area contributed by atoms with Crippen molar-refractivity contribution < 1.29 is 23.8 Å². The van der Waals surface area contributed by atoms with E-state index in [1.165, 1.54) is 7.11 Å². The van der Waals surface area contributed by atoms with Gasteiger partial charge in [-0.3, -0.25) is 9.74 Å². The van der Waals surface area contributed by atoms with Gasteiger partial charge in [-0.1, -0.05) is 12.8 Å². The molecule has 0 amide bonds. The average molecular weight is 206 g/mol. The number of esters is 1. The van der Waals surface area contributed by atoms with Gasteiger partial charge in [0.25, 0.3) is 0 Å². The Hall–Kier alpha value is -1.13. The second kappa shape index (κ2) is 8.47. The van der Waals surface area contributed by atoms with Crippen LogP contribution in [0.15, 0.2) is 0 Å². The highest BCUT2D eigenvalue weighted by atomic mass is 19.3. The number of carbonyl (C=O) groups excluding carboxylic acids is 2. The van der Waals surface area contributed by atoms with Gasteiger partial charge in [0.2, 0.25) is 0 Å². The molecule has 0 rings (SSSR count). The zero-order valence-electron chi connectivity index (χ0n) is 8.25. The molecule has 0 radical (unpaired) electrons. The van der Waals surface area contributed by atoms with Crippen molar-refractivity contribution in [3.8, 4) is 0 Å². The van der Waals surface area contributed by atoms with Crippen molar-refractivity contribution in [3.63, 3.8) is 0 Å². The van der Waals surface area contributed by atoms with Gasteiger partial charge in [-0.05, 0) is 12.8 Å². The molecule has 5 heteroatoms. The first-order valence-corrected chi connectivity index (χ1v) is 4.59. The minimum absolute atomic E-state index is 0.0920. The zero-order valence-corrected chi connectivity index (χ0v) is 8.25. The van der Waals surface area contributed by atoms with Crippen molar-refractivity contribution >= 4 is 11.9 Å². The summed E-state index contributed by atoms with van der Waals surface area (Å²) in [5.41, 5.74) is 0. The summed E-state index contributed by atoms with van der Waals surface area (Å²) < 4.78 is 15.7. The van der Waals surface area contributed by atoms with Crippen LogP contribution >= 0.6 is 0 Å². The Bertz CT molecular complexity index is 162. The van der Waals surface area contributed by atoms with E-state index in [-0.39, 0.29) is 12.4 Å². The molecular weight excluding hydrogens is 191 g/mol. The molecule has 0 bridgehead atoms. The summed E-state index contributed by atoms with van der Waals surface area (Å²) in [6.07, 6.45) is 3.42. The lowest BCUT2D eigenvalue weighted by Gasteiger charge is -1.99. The summed E-state index contributed by atoms with van der Waals surface area (Å²) in [6.45, 7) is 0. The van der Waals surface area contributed by atoms with Crippen LogP contribution in [-0.2, 0) is 19.3 Å². The summed E-state index contributed by atoms with van der Waals surface area (Å²) in [5, 5.41) is 0. The molecule has 0 aliphatic heterocycles. The summed E-state index contributed by atoms with van der Waals surface area (Å²) in [4.78, 5) is 24.0. The molecule has 82 valence electrons. The number of ether oxygens (including phenoxy) is 1. The topological polar surface area (TPSA) is 52.6 Å². The van der Waals surface area contributed by atoms with E-state index in [9.17, 15) is 14.1 Å². The molecule has 0 N–H and O–H groups in total. The van der Waals surface area contributed by atoms with Crippen molar-refractivity contribution in [2.45, 2.75) is 38.5 Å². The van der Waals surface area contributed by atoms with Gasteiger partial charge >= 0.3 is 11.9 Å². The molecule has 0 saturated heterocycles. The average Bonchev–Trinajstić information content (AvgIpc) is 2.22. The van der Waals surface area contributed by atoms with Crippen LogP contribution in [-0.4, -0.2) is 19.0 Å². The van der Waals surface area contributed by atoms with E-state index >= 15 is 0 Å². The zero-order chi connectivity index (χ0) is 10.8. The molecule has 0 heterocycles. The van der Waals surface area contributed by atoms with Gasteiger partial charge in [-0.25, -0.2) is 4.79 Å². The number of unbranched alkanes of at least 4 members (excludes halogenated alkanes) is 3. The highest BCUT2D eigenvalue weighted by molar-refractivity contribution is 5.69. The van der Waals surface area contributed by atoms with Crippen molar-refractivity contribution in [2.75, 3.05) is 7.11 Å². The third-order valence-corrected chi connectivity index (χ3v) is 1.83. The second-order valence-electron chi connectivity index (χ2n) is 2.94. The Labute approximate surface area is 82.3 Å². The van der Waals surface area contributed by atoms with E-state index in [1.54, 1.807) is 0 Å². The van der Waals surface area contributed by atoms with E-state index in [4.69, 9.17) is 0 Å². The summed E-state index contributed by atoms with van der Waals surface area (Å²) >= 11 is 0. The van der Waals surface area contributed by atoms with Gasteiger partial charge in [0.05, 0.1) is 7.11 Å². The van der Waals surface area contributed by atoms with Crippen LogP contribution in [0, 0.1) is 0 Å². The van der Waals surface area contributed by atoms with Crippen LogP contribution in [0.4, 0.5) is 4.53 Å². The first kappa shape index (κ1) is 12.9. The fourth-order valence-electron chi connectivity index (χ4n) is 1.03. The van der Waals surface area contributed by atoms with Crippen molar-refractivity contribution in [1.29, 1.82) is 0 Å². The van der Waals surface area contributed by atoms with Crippen LogP contribution in [0.25, 0.3) is 0 Å². The normalized spacial score (nSPS) is 9.57. The molecule has 0 spiro atoms. The third-order valence-electron chi connectivity index (χ3n) is 1.83. The molecule has 0 atom stereocenters. The quantitative estimate of drug-likeness (QED) is 0.471. The number of halogens is 1. The lowest BCUT2D eigenvalue weighted by Crippen LogP contribution is -2.00. The largest absolute Gasteiger partial charge is 0.469 e. The Kier molecular flexibility index (Phi) is 7.78. The standard InChI is InChI=1S/C9H15FO4/c1-13-8(11)6-4-2-3-5-7-9(12)14-10/h2-7H2,1H3. The van der Waals surface area contributed by atoms with E-state index in [1.807, 2.05) is 0 Å². The van der Waals surface area contributed by atoms with Crippen LogP contribution in [0.1, 0.15) is 38.5 Å². The Morgan fingerprint density at radius 2 is 1.50 bits per heavy atom. The predicted molar refractivity (Wildman–Crippen MR) is 46.9 cm³/mol. The molecule has 0 aliphatic carbocycles. The molecular formula is C9H15FO4. The molecule has 14 heavy (non-hydrogen) atoms. The van der Waals surface area contributed by atoms with E-state index in [2.05, 4.69) is 9.68 Å². The Morgan fingerprint density at radius 1 is 1.00 bits per heavy atom. The minimum Gasteiger partial charge on any atom is -0.469 e. The Morgan fingerprint density at radius 3 is 1.93 bits per heavy atom. The van der Waals surface area contributed by atoms with Gasteiger partial charge in [-0.15, -0.1) is 0 Å². The molecule has 0 saturated carbocycles.